The number of carbonyl (C=O) groups is 1. The van der Waals surface area contributed by atoms with Crippen LogP contribution in [0.5, 0.6) is 11.5 Å². The predicted molar refractivity (Wildman–Crippen MR) is 106 cm³/mol. The van der Waals surface area contributed by atoms with Gasteiger partial charge in [-0.05, 0) is 49.4 Å². The smallest absolute Gasteiger partial charge is 0.209 e. The molecule has 1 aromatic heterocycles. The Morgan fingerprint density at radius 2 is 1.89 bits per heavy atom. The number of ketones is 1. The van der Waals surface area contributed by atoms with Crippen LogP contribution >= 0.6 is 23.4 Å². The molecule has 0 fully saturated rings. The van der Waals surface area contributed by atoms with Crippen molar-refractivity contribution in [3.63, 3.8) is 0 Å². The Kier molecular flexibility index (Phi) is 6.03. The number of thioether (sulfide) groups is 1. The number of rotatable bonds is 7. The third-order valence-electron chi connectivity index (χ3n) is 3.91. The van der Waals surface area contributed by atoms with Crippen molar-refractivity contribution in [2.24, 2.45) is 0 Å². The second-order valence-electron chi connectivity index (χ2n) is 5.66. The Balaban J connectivity index is 1.75. The summed E-state index contributed by atoms with van der Waals surface area (Å²) in [5, 5.41) is 7.77. The lowest BCUT2D eigenvalue weighted by Crippen LogP contribution is -2.13. The van der Waals surface area contributed by atoms with Gasteiger partial charge in [-0.3, -0.25) is 9.89 Å². The van der Waals surface area contributed by atoms with Crippen LogP contribution in [-0.2, 0) is 0 Å². The predicted octanol–water partition coefficient (Wildman–Crippen LogP) is 4.51. The van der Waals surface area contributed by atoms with Gasteiger partial charge in [-0.2, -0.15) is 0 Å². The molecule has 0 bridgehead atoms. The second-order valence-corrected chi connectivity index (χ2v) is 7.41. The van der Waals surface area contributed by atoms with Crippen molar-refractivity contribution in [3.8, 4) is 22.9 Å². The molecule has 0 spiro atoms. The third kappa shape index (κ3) is 4.43. The lowest BCUT2D eigenvalue weighted by atomic mass is 10.1. The highest BCUT2D eigenvalue weighted by Crippen LogP contribution is 2.32. The summed E-state index contributed by atoms with van der Waals surface area (Å²) < 4.78 is 10.5. The summed E-state index contributed by atoms with van der Waals surface area (Å²) >= 11 is 7.35. The molecule has 3 aromatic rings. The van der Waals surface area contributed by atoms with Crippen LogP contribution < -0.4 is 9.47 Å². The fourth-order valence-electron chi connectivity index (χ4n) is 2.49. The lowest BCUT2D eigenvalue weighted by Gasteiger charge is -2.08. The first kappa shape index (κ1) is 19.3. The number of nitrogens with zero attached hydrogens (tertiary/aromatic N) is 2. The van der Waals surface area contributed by atoms with Crippen molar-refractivity contribution >= 4 is 29.1 Å². The minimum absolute atomic E-state index is 0.00524. The number of methoxy groups -OCH3 is 2. The number of nitrogens with one attached hydrogen (secondary N) is 1. The van der Waals surface area contributed by atoms with E-state index in [1.54, 1.807) is 56.7 Å². The first-order valence-corrected chi connectivity index (χ1v) is 9.39. The van der Waals surface area contributed by atoms with Crippen LogP contribution in [0.25, 0.3) is 11.4 Å². The number of benzene rings is 2. The molecule has 0 aliphatic rings. The highest BCUT2D eigenvalue weighted by molar-refractivity contribution is 8.00. The molecule has 2 aromatic carbocycles. The van der Waals surface area contributed by atoms with Gasteiger partial charge in [-0.25, -0.2) is 4.98 Å². The van der Waals surface area contributed by atoms with Gasteiger partial charge in [-0.15, -0.1) is 5.10 Å². The molecule has 0 amide bonds. The summed E-state index contributed by atoms with van der Waals surface area (Å²) in [5.74, 6) is 1.87. The summed E-state index contributed by atoms with van der Waals surface area (Å²) in [7, 11) is 3.17. The number of carbonyl (C=O) groups excluding carboxylic acids is 1. The summed E-state index contributed by atoms with van der Waals surface area (Å²) in [6, 6.07) is 12.3. The zero-order valence-electron chi connectivity index (χ0n) is 15.0. The molecule has 0 saturated heterocycles. The fraction of sp³-hybridized carbons (Fsp3) is 0.211. The van der Waals surface area contributed by atoms with E-state index in [1.165, 1.54) is 11.8 Å². The maximum Gasteiger partial charge on any atom is 0.209 e. The van der Waals surface area contributed by atoms with E-state index in [0.717, 1.165) is 0 Å². The average molecular weight is 404 g/mol. The van der Waals surface area contributed by atoms with E-state index in [4.69, 9.17) is 21.1 Å². The Morgan fingerprint density at radius 3 is 2.56 bits per heavy atom. The molecule has 6 nitrogen and oxygen atoms in total. The van der Waals surface area contributed by atoms with Crippen molar-refractivity contribution in [1.29, 1.82) is 0 Å². The third-order valence-corrected chi connectivity index (χ3v) is 5.10. The summed E-state index contributed by atoms with van der Waals surface area (Å²) in [6.45, 7) is 1.83. The van der Waals surface area contributed by atoms with E-state index < -0.39 is 0 Å². The molecular formula is C19H18ClN3O3S. The first-order valence-electron chi connectivity index (χ1n) is 8.13. The maximum absolute atomic E-state index is 12.6. The van der Waals surface area contributed by atoms with Crippen LogP contribution in [0.1, 0.15) is 17.3 Å². The van der Waals surface area contributed by atoms with Crippen LogP contribution in [0.3, 0.4) is 0 Å². The standard InChI is InChI=1S/C19H18ClN3O3S/c1-11(17(24)12-4-7-14(25-2)8-5-12)27-19-21-18(22-23-19)15-10-13(20)6-9-16(15)26-3/h4-11H,1-3H3,(H,21,22,23)/t11-/m0/s1. The molecule has 1 heterocycles. The van der Waals surface area contributed by atoms with Crippen LogP contribution in [0.4, 0.5) is 0 Å². The van der Waals surface area contributed by atoms with Gasteiger partial charge in [0, 0.05) is 10.6 Å². The molecule has 1 N–H and O–H groups in total. The van der Waals surface area contributed by atoms with Crippen molar-refractivity contribution in [1.82, 2.24) is 15.2 Å². The highest BCUT2D eigenvalue weighted by Gasteiger charge is 2.20. The summed E-state index contributed by atoms with van der Waals surface area (Å²) in [5.41, 5.74) is 1.32. The largest absolute Gasteiger partial charge is 0.497 e. The van der Waals surface area contributed by atoms with Crippen LogP contribution in [0.15, 0.2) is 47.6 Å². The minimum atomic E-state index is -0.344. The lowest BCUT2D eigenvalue weighted by molar-refractivity contribution is 0.0994. The SMILES string of the molecule is COc1ccc(C(=O)[C@H](C)Sc2n[nH]c(-c3cc(Cl)ccc3OC)n2)cc1. The summed E-state index contributed by atoms with van der Waals surface area (Å²) in [4.78, 5) is 17.1. The number of aromatic nitrogens is 3. The van der Waals surface area contributed by atoms with Crippen molar-refractivity contribution < 1.29 is 14.3 Å². The van der Waals surface area contributed by atoms with E-state index in [0.29, 0.717) is 38.6 Å². The minimum Gasteiger partial charge on any atom is -0.497 e. The number of hydrogen-bond acceptors (Lipinski definition) is 6. The molecule has 140 valence electrons. The van der Waals surface area contributed by atoms with Crippen LogP contribution in [0, 0.1) is 0 Å². The normalized spacial score (nSPS) is 11.9. The van der Waals surface area contributed by atoms with Gasteiger partial charge >= 0.3 is 0 Å². The fourth-order valence-corrected chi connectivity index (χ4v) is 3.46. The number of hydrogen-bond donors (Lipinski definition) is 1. The van der Waals surface area contributed by atoms with Crippen molar-refractivity contribution in [2.75, 3.05) is 14.2 Å². The topological polar surface area (TPSA) is 77.1 Å². The van der Waals surface area contributed by atoms with Gasteiger partial charge < -0.3 is 9.47 Å². The Bertz CT molecular complexity index is 944. The second kappa shape index (κ2) is 8.45. The number of aromatic amines is 1. The van der Waals surface area contributed by atoms with Gasteiger partial charge in [-0.1, -0.05) is 23.4 Å². The Hall–Kier alpha value is -2.51. The molecule has 3 rings (SSSR count). The Morgan fingerprint density at radius 1 is 1.15 bits per heavy atom. The van der Waals surface area contributed by atoms with E-state index in [-0.39, 0.29) is 11.0 Å². The Labute approximate surface area is 166 Å². The van der Waals surface area contributed by atoms with Crippen molar-refractivity contribution in [2.45, 2.75) is 17.3 Å². The monoisotopic (exact) mass is 403 g/mol. The average Bonchev–Trinajstić information content (AvgIpc) is 3.15. The number of halogens is 1. The molecule has 1 atom stereocenters. The van der Waals surface area contributed by atoms with E-state index in [1.807, 2.05) is 6.92 Å². The molecule has 0 saturated carbocycles. The van der Waals surface area contributed by atoms with Gasteiger partial charge in [0.2, 0.25) is 5.16 Å². The highest BCUT2D eigenvalue weighted by atomic mass is 35.5. The number of ether oxygens (including phenoxy) is 2. The molecule has 0 unspecified atom stereocenters. The van der Waals surface area contributed by atoms with Crippen LogP contribution in [-0.4, -0.2) is 40.4 Å². The van der Waals surface area contributed by atoms with Gasteiger partial charge in [0.05, 0.1) is 25.0 Å². The number of Topliss-reactive ketones (excluding diaryl/α,β-unsaturated/α-hetero) is 1. The van der Waals surface area contributed by atoms with Gasteiger partial charge in [0.1, 0.15) is 11.5 Å². The molecule has 8 heteroatoms. The van der Waals surface area contributed by atoms with E-state index >= 15 is 0 Å². The van der Waals surface area contributed by atoms with E-state index in [2.05, 4.69) is 15.2 Å². The van der Waals surface area contributed by atoms with Crippen molar-refractivity contribution in [3.05, 3.63) is 53.1 Å². The zero-order valence-corrected chi connectivity index (χ0v) is 16.6. The molecular weight excluding hydrogens is 386 g/mol. The maximum atomic E-state index is 12.6. The first-order chi connectivity index (χ1) is 13.0. The van der Waals surface area contributed by atoms with Gasteiger partial charge in [0.25, 0.3) is 0 Å². The molecule has 0 aliphatic heterocycles. The van der Waals surface area contributed by atoms with Crippen LogP contribution in [0.2, 0.25) is 5.02 Å². The van der Waals surface area contributed by atoms with E-state index in [9.17, 15) is 4.79 Å². The van der Waals surface area contributed by atoms with Gasteiger partial charge in [0.15, 0.2) is 11.6 Å². The summed E-state index contributed by atoms with van der Waals surface area (Å²) in [6.07, 6.45) is 0. The zero-order chi connectivity index (χ0) is 19.4. The number of H-pyrrole nitrogens is 1. The molecule has 0 aliphatic carbocycles. The molecule has 27 heavy (non-hydrogen) atoms. The molecule has 0 radical (unpaired) electrons. The quantitative estimate of drug-likeness (QED) is 0.462.